The van der Waals surface area contributed by atoms with E-state index in [-0.39, 0.29) is 5.69 Å². The second-order valence-corrected chi connectivity index (χ2v) is 5.72. The molecule has 0 saturated carbocycles. The monoisotopic (exact) mass is 352 g/mol. The van der Waals surface area contributed by atoms with Crippen LogP contribution in [0.5, 0.6) is 0 Å². The molecule has 2 aromatic carbocycles. The summed E-state index contributed by atoms with van der Waals surface area (Å²) in [6.45, 7) is 0. The fraction of sp³-hybridized carbons (Fsp3) is 0.118. The lowest BCUT2D eigenvalue weighted by Gasteiger charge is -2.11. The molecule has 0 unspecified atom stereocenters. The Morgan fingerprint density at radius 2 is 1.88 bits per heavy atom. The lowest BCUT2D eigenvalue weighted by molar-refractivity contribution is -0.137. The van der Waals surface area contributed by atoms with Gasteiger partial charge in [0.15, 0.2) is 0 Å². The number of carbonyl (C=O) groups is 1. The molecular weight excluding hydrogens is 341 g/mol. The van der Waals surface area contributed by atoms with Gasteiger partial charge in [0.05, 0.1) is 16.1 Å². The van der Waals surface area contributed by atoms with E-state index < -0.39 is 22.7 Å². The van der Waals surface area contributed by atoms with Crippen molar-refractivity contribution in [3.63, 3.8) is 0 Å². The highest BCUT2D eigenvalue weighted by atomic mass is 35.5. The SMILES string of the molecule is Cn1cc(C(=O)Nc2ccc(Cl)c(C(F)(F)F)c2)c2ccccc21. The van der Waals surface area contributed by atoms with Crippen LogP contribution in [0.15, 0.2) is 48.7 Å². The number of hydrogen-bond donors (Lipinski definition) is 1. The lowest BCUT2D eigenvalue weighted by Crippen LogP contribution is -2.13. The third-order valence-corrected chi connectivity index (χ3v) is 4.00. The fourth-order valence-electron chi connectivity index (χ4n) is 2.54. The van der Waals surface area contributed by atoms with Crippen molar-refractivity contribution >= 4 is 34.1 Å². The van der Waals surface area contributed by atoms with Crippen molar-refractivity contribution < 1.29 is 18.0 Å². The lowest BCUT2D eigenvalue weighted by atomic mass is 10.1. The molecule has 0 fully saturated rings. The molecule has 1 heterocycles. The summed E-state index contributed by atoms with van der Waals surface area (Å²) in [5.41, 5.74) is 0.288. The number of nitrogens with one attached hydrogen (secondary N) is 1. The van der Waals surface area contributed by atoms with Crippen LogP contribution in [0.4, 0.5) is 18.9 Å². The van der Waals surface area contributed by atoms with Gasteiger partial charge in [-0.25, -0.2) is 0 Å². The Hall–Kier alpha value is -2.47. The zero-order chi connectivity index (χ0) is 17.5. The van der Waals surface area contributed by atoms with Crippen molar-refractivity contribution in [2.24, 2.45) is 7.05 Å². The highest BCUT2D eigenvalue weighted by Crippen LogP contribution is 2.36. The minimum atomic E-state index is -4.59. The van der Waals surface area contributed by atoms with E-state index in [0.29, 0.717) is 5.56 Å². The van der Waals surface area contributed by atoms with E-state index in [1.807, 2.05) is 12.1 Å². The van der Waals surface area contributed by atoms with Crippen LogP contribution in [0, 0.1) is 0 Å². The summed E-state index contributed by atoms with van der Waals surface area (Å²) in [5.74, 6) is -0.484. The molecule has 124 valence electrons. The summed E-state index contributed by atoms with van der Waals surface area (Å²) in [5, 5.41) is 2.81. The van der Waals surface area contributed by atoms with E-state index in [2.05, 4.69) is 5.32 Å². The smallest absolute Gasteiger partial charge is 0.350 e. The van der Waals surface area contributed by atoms with Gasteiger partial charge in [0.25, 0.3) is 5.91 Å². The largest absolute Gasteiger partial charge is 0.417 e. The maximum Gasteiger partial charge on any atom is 0.417 e. The number of hydrogen-bond acceptors (Lipinski definition) is 1. The van der Waals surface area contributed by atoms with E-state index >= 15 is 0 Å². The predicted molar refractivity (Wildman–Crippen MR) is 87.3 cm³/mol. The molecule has 0 spiro atoms. The van der Waals surface area contributed by atoms with Crippen LogP contribution >= 0.6 is 11.6 Å². The normalized spacial score (nSPS) is 11.7. The average molecular weight is 353 g/mol. The second kappa shape index (κ2) is 5.87. The van der Waals surface area contributed by atoms with Crippen molar-refractivity contribution in [3.05, 3.63) is 64.8 Å². The van der Waals surface area contributed by atoms with Gasteiger partial charge in [0, 0.05) is 29.8 Å². The molecule has 1 aromatic heterocycles. The first-order chi connectivity index (χ1) is 11.3. The molecule has 3 rings (SSSR count). The Bertz CT molecular complexity index is 931. The van der Waals surface area contributed by atoms with Crippen molar-refractivity contribution in [2.75, 3.05) is 5.32 Å². The van der Waals surface area contributed by atoms with E-state index in [9.17, 15) is 18.0 Å². The van der Waals surface area contributed by atoms with E-state index in [1.165, 1.54) is 6.07 Å². The number of nitrogens with zero attached hydrogens (tertiary/aromatic N) is 1. The van der Waals surface area contributed by atoms with E-state index in [1.54, 1.807) is 29.9 Å². The molecule has 0 aliphatic rings. The zero-order valence-corrected chi connectivity index (χ0v) is 13.2. The first kappa shape index (κ1) is 16.4. The van der Waals surface area contributed by atoms with E-state index in [4.69, 9.17) is 11.6 Å². The van der Waals surface area contributed by atoms with Crippen LogP contribution in [-0.4, -0.2) is 10.5 Å². The third kappa shape index (κ3) is 2.97. The average Bonchev–Trinajstić information content (AvgIpc) is 2.86. The number of alkyl halides is 3. The quantitative estimate of drug-likeness (QED) is 0.683. The molecule has 3 nitrogen and oxygen atoms in total. The van der Waals surface area contributed by atoms with Crippen LogP contribution in [-0.2, 0) is 13.2 Å². The molecule has 0 saturated heterocycles. The number of carbonyl (C=O) groups excluding carboxylic acids is 1. The van der Waals surface area contributed by atoms with Gasteiger partial charge >= 0.3 is 6.18 Å². The van der Waals surface area contributed by atoms with Gasteiger partial charge in [-0.3, -0.25) is 4.79 Å². The van der Waals surface area contributed by atoms with Crippen molar-refractivity contribution in [3.8, 4) is 0 Å². The molecule has 0 radical (unpaired) electrons. The summed E-state index contributed by atoms with van der Waals surface area (Å²) in [4.78, 5) is 12.4. The molecule has 3 aromatic rings. The van der Waals surface area contributed by atoms with Crippen molar-refractivity contribution in [2.45, 2.75) is 6.18 Å². The summed E-state index contributed by atoms with van der Waals surface area (Å²) >= 11 is 5.58. The number of fused-ring (bicyclic) bond motifs is 1. The summed E-state index contributed by atoms with van der Waals surface area (Å²) < 4.78 is 40.5. The Kier molecular flexibility index (Phi) is 4.01. The molecule has 0 atom stereocenters. The van der Waals surface area contributed by atoms with Gasteiger partial charge < -0.3 is 9.88 Å². The number of para-hydroxylation sites is 1. The van der Waals surface area contributed by atoms with Crippen molar-refractivity contribution in [1.29, 1.82) is 0 Å². The summed E-state index contributed by atoms with van der Waals surface area (Å²) in [7, 11) is 1.79. The maximum absolute atomic E-state index is 12.9. The second-order valence-electron chi connectivity index (χ2n) is 5.32. The predicted octanol–water partition coefficient (Wildman–Crippen LogP) is 5.10. The van der Waals surface area contributed by atoms with Gasteiger partial charge in [0.1, 0.15) is 0 Å². The van der Waals surface area contributed by atoms with Gasteiger partial charge in [-0.1, -0.05) is 29.8 Å². The van der Waals surface area contributed by atoms with E-state index in [0.717, 1.165) is 23.0 Å². The summed E-state index contributed by atoms with van der Waals surface area (Å²) in [6, 6.07) is 10.6. The molecule has 1 N–H and O–H groups in total. The van der Waals surface area contributed by atoms with Crippen LogP contribution in [0.25, 0.3) is 10.9 Å². The van der Waals surface area contributed by atoms with Gasteiger partial charge in [-0.2, -0.15) is 13.2 Å². The molecule has 7 heteroatoms. The number of aromatic nitrogens is 1. The third-order valence-electron chi connectivity index (χ3n) is 3.67. The van der Waals surface area contributed by atoms with Crippen LogP contribution < -0.4 is 5.32 Å². The van der Waals surface area contributed by atoms with Crippen molar-refractivity contribution in [1.82, 2.24) is 4.57 Å². The molecular formula is C17H12ClF3N2O. The molecule has 1 amide bonds. The first-order valence-corrected chi connectivity index (χ1v) is 7.37. The molecule has 0 aliphatic heterocycles. The Labute approximate surface area is 140 Å². The van der Waals surface area contributed by atoms with Crippen LogP contribution in [0.3, 0.4) is 0 Å². The highest BCUT2D eigenvalue weighted by Gasteiger charge is 2.33. The zero-order valence-electron chi connectivity index (χ0n) is 12.5. The Balaban J connectivity index is 1.95. The molecule has 0 aliphatic carbocycles. The Morgan fingerprint density at radius 1 is 1.17 bits per heavy atom. The molecule has 0 bridgehead atoms. The minimum Gasteiger partial charge on any atom is -0.350 e. The number of benzene rings is 2. The number of amides is 1. The number of rotatable bonds is 2. The summed E-state index contributed by atoms with van der Waals surface area (Å²) in [6.07, 6.45) is -2.95. The first-order valence-electron chi connectivity index (χ1n) is 6.99. The molecule has 24 heavy (non-hydrogen) atoms. The van der Waals surface area contributed by atoms with Gasteiger partial charge in [-0.05, 0) is 24.3 Å². The maximum atomic E-state index is 12.9. The number of aryl methyl sites for hydroxylation is 1. The Morgan fingerprint density at radius 3 is 2.58 bits per heavy atom. The fourth-order valence-corrected chi connectivity index (χ4v) is 2.77. The standard InChI is InChI=1S/C17H12ClF3N2O/c1-23-9-12(11-4-2-3-5-15(11)23)16(24)22-10-6-7-14(18)13(8-10)17(19,20)21/h2-9H,1H3,(H,22,24). The number of halogens is 4. The van der Waals surface area contributed by atoms with Crippen LogP contribution in [0.2, 0.25) is 5.02 Å². The number of anilines is 1. The highest BCUT2D eigenvalue weighted by molar-refractivity contribution is 6.31. The minimum absolute atomic E-state index is 0.0321. The van der Waals surface area contributed by atoms with Gasteiger partial charge in [0.2, 0.25) is 0 Å². The van der Waals surface area contributed by atoms with Crippen LogP contribution in [0.1, 0.15) is 15.9 Å². The topological polar surface area (TPSA) is 34.0 Å². The van der Waals surface area contributed by atoms with Gasteiger partial charge in [-0.15, -0.1) is 0 Å².